The lowest BCUT2D eigenvalue weighted by molar-refractivity contribution is -0.167. The molecule has 0 aliphatic carbocycles. The minimum Gasteiger partial charge on any atom is -0.493 e. The van der Waals surface area contributed by atoms with E-state index in [1.54, 1.807) is 5.32 Å². The van der Waals surface area contributed by atoms with Crippen LogP contribution in [0.2, 0.25) is 0 Å². The number of benzene rings is 1. The van der Waals surface area contributed by atoms with Crippen LogP contribution in [0.4, 0.5) is 18.9 Å². The molecule has 0 spiro atoms. The van der Waals surface area contributed by atoms with E-state index in [1.165, 1.54) is 12.1 Å². The molecule has 5 nitrogen and oxygen atoms in total. The molecule has 1 aromatic rings. The number of rotatable bonds is 6. The largest absolute Gasteiger partial charge is 0.493 e. The zero-order chi connectivity index (χ0) is 16.8. The lowest BCUT2D eigenvalue weighted by Crippen LogP contribution is -2.30. The highest BCUT2D eigenvalue weighted by Crippen LogP contribution is 2.25. The fraction of sp³-hybridized carbons (Fsp3) is 0.429. The van der Waals surface area contributed by atoms with E-state index >= 15 is 0 Å². The van der Waals surface area contributed by atoms with Gasteiger partial charge in [-0.3, -0.25) is 4.79 Å². The smallest absolute Gasteiger partial charge is 0.471 e. The van der Waals surface area contributed by atoms with E-state index in [0.717, 1.165) is 26.0 Å². The highest BCUT2D eigenvalue weighted by molar-refractivity contribution is 5.98. The summed E-state index contributed by atoms with van der Waals surface area (Å²) in [6.45, 7) is 2.31. The maximum atomic E-state index is 12.2. The summed E-state index contributed by atoms with van der Waals surface area (Å²) >= 11 is 0. The number of nitrogens with one attached hydrogen (secondary N) is 1. The minimum absolute atomic E-state index is 0.0569. The van der Waals surface area contributed by atoms with E-state index in [9.17, 15) is 22.8 Å². The molecule has 0 aliphatic heterocycles. The molecule has 0 saturated carbocycles. The van der Waals surface area contributed by atoms with Crippen molar-refractivity contribution >= 4 is 17.6 Å². The van der Waals surface area contributed by atoms with Gasteiger partial charge in [-0.1, -0.05) is 13.3 Å². The first-order valence-corrected chi connectivity index (χ1v) is 6.53. The van der Waals surface area contributed by atoms with Gasteiger partial charge in [0.15, 0.2) is 0 Å². The van der Waals surface area contributed by atoms with Crippen LogP contribution in [0.1, 0.15) is 30.1 Å². The van der Waals surface area contributed by atoms with Crippen molar-refractivity contribution in [2.24, 2.45) is 0 Å². The number of alkyl halides is 3. The molecule has 0 heterocycles. The molecule has 1 aromatic carbocycles. The van der Waals surface area contributed by atoms with Crippen molar-refractivity contribution in [3.05, 3.63) is 23.8 Å². The average Bonchev–Trinajstić information content (AvgIpc) is 2.46. The number of unbranched alkanes of at least 4 members (excludes halogenated alkanes) is 1. The Labute approximate surface area is 125 Å². The van der Waals surface area contributed by atoms with Gasteiger partial charge in [0.25, 0.3) is 0 Å². The summed E-state index contributed by atoms with van der Waals surface area (Å²) in [7, 11) is 1.14. The lowest BCUT2D eigenvalue weighted by Gasteiger charge is -2.13. The summed E-state index contributed by atoms with van der Waals surface area (Å²) in [5, 5.41) is 1.67. The summed E-state index contributed by atoms with van der Waals surface area (Å²) in [6.07, 6.45) is -3.37. The van der Waals surface area contributed by atoms with Crippen LogP contribution in [-0.2, 0) is 9.53 Å². The molecule has 122 valence electrons. The molecule has 0 saturated heterocycles. The van der Waals surface area contributed by atoms with Crippen LogP contribution >= 0.6 is 0 Å². The van der Waals surface area contributed by atoms with Crippen molar-refractivity contribution in [1.29, 1.82) is 0 Å². The predicted molar refractivity (Wildman–Crippen MR) is 72.9 cm³/mol. The van der Waals surface area contributed by atoms with Crippen LogP contribution in [0.25, 0.3) is 0 Å². The molecule has 1 amide bonds. The standard InChI is InChI=1S/C14H16F3NO4/c1-3-4-7-22-11-6-5-9(8-10(11)12(19)21-2)18-13(20)14(15,16)17/h5-6,8H,3-4,7H2,1-2H3,(H,18,20). The number of hydrogen-bond donors (Lipinski definition) is 1. The van der Waals surface area contributed by atoms with E-state index < -0.39 is 18.1 Å². The second-order valence-corrected chi connectivity index (χ2v) is 4.36. The van der Waals surface area contributed by atoms with E-state index in [4.69, 9.17) is 4.74 Å². The van der Waals surface area contributed by atoms with Crippen LogP contribution in [0.15, 0.2) is 18.2 Å². The number of esters is 1. The number of carbonyl (C=O) groups excluding carboxylic acids is 2. The van der Waals surface area contributed by atoms with Crippen molar-refractivity contribution in [3.63, 3.8) is 0 Å². The normalized spacial score (nSPS) is 11.0. The van der Waals surface area contributed by atoms with Crippen LogP contribution < -0.4 is 10.1 Å². The van der Waals surface area contributed by atoms with Crippen LogP contribution in [0.5, 0.6) is 5.75 Å². The molecule has 0 aliphatic rings. The Hall–Kier alpha value is -2.25. The Kier molecular flexibility index (Phi) is 6.21. The van der Waals surface area contributed by atoms with Crippen molar-refractivity contribution in [1.82, 2.24) is 0 Å². The fourth-order valence-corrected chi connectivity index (χ4v) is 1.53. The molecule has 22 heavy (non-hydrogen) atoms. The topological polar surface area (TPSA) is 64.6 Å². The SMILES string of the molecule is CCCCOc1ccc(NC(=O)C(F)(F)F)cc1C(=O)OC. The molecule has 0 fully saturated rings. The Morgan fingerprint density at radius 3 is 2.50 bits per heavy atom. The molecule has 0 bridgehead atoms. The Morgan fingerprint density at radius 2 is 1.95 bits per heavy atom. The summed E-state index contributed by atoms with van der Waals surface area (Å²) < 4.78 is 46.6. The summed E-state index contributed by atoms with van der Waals surface area (Å²) in [4.78, 5) is 22.6. The summed E-state index contributed by atoms with van der Waals surface area (Å²) in [5.41, 5.74) is -0.232. The van der Waals surface area contributed by atoms with E-state index in [1.807, 2.05) is 6.92 Å². The fourth-order valence-electron chi connectivity index (χ4n) is 1.53. The minimum atomic E-state index is -5.01. The van der Waals surface area contributed by atoms with Crippen LogP contribution in [0.3, 0.4) is 0 Å². The van der Waals surface area contributed by atoms with Gasteiger partial charge in [0.2, 0.25) is 0 Å². The zero-order valence-corrected chi connectivity index (χ0v) is 12.1. The molecular formula is C14H16F3NO4. The molecule has 0 unspecified atom stereocenters. The Morgan fingerprint density at radius 1 is 1.27 bits per heavy atom. The van der Waals surface area contributed by atoms with Gasteiger partial charge in [-0.25, -0.2) is 4.79 Å². The molecule has 0 aromatic heterocycles. The monoisotopic (exact) mass is 319 g/mol. The van der Waals surface area contributed by atoms with Gasteiger partial charge in [-0.15, -0.1) is 0 Å². The van der Waals surface area contributed by atoms with Gasteiger partial charge in [-0.05, 0) is 24.6 Å². The van der Waals surface area contributed by atoms with Crippen LogP contribution in [-0.4, -0.2) is 31.8 Å². The average molecular weight is 319 g/mol. The molecule has 8 heteroatoms. The maximum absolute atomic E-state index is 12.2. The number of amides is 1. The second kappa shape index (κ2) is 7.67. The van der Waals surface area contributed by atoms with E-state index in [0.29, 0.717) is 6.61 Å². The Balaban J connectivity index is 2.99. The third-order valence-electron chi connectivity index (χ3n) is 2.66. The third-order valence-corrected chi connectivity index (χ3v) is 2.66. The number of hydrogen-bond acceptors (Lipinski definition) is 4. The first-order valence-electron chi connectivity index (χ1n) is 6.53. The molecule has 1 N–H and O–H groups in total. The number of anilines is 1. The zero-order valence-electron chi connectivity index (χ0n) is 12.1. The second-order valence-electron chi connectivity index (χ2n) is 4.36. The van der Waals surface area contributed by atoms with E-state index in [-0.39, 0.29) is 17.0 Å². The molecule has 0 atom stereocenters. The number of halogens is 3. The summed E-state index contributed by atoms with van der Waals surface area (Å²) in [5.74, 6) is -2.71. The molecule has 0 radical (unpaired) electrons. The first-order chi connectivity index (χ1) is 10.3. The quantitative estimate of drug-likeness (QED) is 0.646. The van der Waals surface area contributed by atoms with E-state index in [2.05, 4.69) is 4.74 Å². The van der Waals surface area contributed by atoms with Gasteiger partial charge in [0, 0.05) is 5.69 Å². The number of ether oxygens (including phenoxy) is 2. The van der Waals surface area contributed by atoms with Crippen molar-refractivity contribution in [2.45, 2.75) is 25.9 Å². The molecule has 1 rings (SSSR count). The third kappa shape index (κ3) is 4.94. The maximum Gasteiger partial charge on any atom is 0.471 e. The van der Waals surface area contributed by atoms with Gasteiger partial charge in [-0.2, -0.15) is 13.2 Å². The van der Waals surface area contributed by atoms with Crippen molar-refractivity contribution < 1.29 is 32.2 Å². The lowest BCUT2D eigenvalue weighted by atomic mass is 10.1. The van der Waals surface area contributed by atoms with Crippen molar-refractivity contribution in [2.75, 3.05) is 19.0 Å². The van der Waals surface area contributed by atoms with Gasteiger partial charge < -0.3 is 14.8 Å². The van der Waals surface area contributed by atoms with Gasteiger partial charge in [0.1, 0.15) is 11.3 Å². The highest BCUT2D eigenvalue weighted by Gasteiger charge is 2.38. The highest BCUT2D eigenvalue weighted by atomic mass is 19.4. The first kappa shape index (κ1) is 17.8. The summed E-state index contributed by atoms with van der Waals surface area (Å²) in [6, 6.07) is 3.61. The van der Waals surface area contributed by atoms with Crippen LogP contribution in [0, 0.1) is 0 Å². The Bertz CT molecular complexity index is 543. The van der Waals surface area contributed by atoms with Crippen molar-refractivity contribution in [3.8, 4) is 5.75 Å². The van der Waals surface area contributed by atoms with Gasteiger partial charge >= 0.3 is 18.1 Å². The van der Waals surface area contributed by atoms with Gasteiger partial charge in [0.05, 0.1) is 13.7 Å². The number of carbonyl (C=O) groups is 2. The molecular weight excluding hydrogens is 303 g/mol. The number of methoxy groups -OCH3 is 1. The predicted octanol–water partition coefficient (Wildman–Crippen LogP) is 3.15.